The van der Waals surface area contributed by atoms with E-state index in [1.165, 1.54) is 33.2 Å². The Hall–Kier alpha value is -2.06. The Labute approximate surface area is 147 Å². The van der Waals surface area contributed by atoms with E-state index in [1.54, 1.807) is 13.0 Å². The van der Waals surface area contributed by atoms with Crippen molar-refractivity contribution in [3.05, 3.63) is 46.1 Å². The predicted molar refractivity (Wildman–Crippen MR) is 90.0 cm³/mol. The monoisotopic (exact) mass is 365 g/mol. The van der Waals surface area contributed by atoms with Crippen LogP contribution in [0.15, 0.2) is 18.2 Å². The number of nitrogens with zero attached hydrogens (tertiary/aromatic N) is 3. The fourth-order valence-electron chi connectivity index (χ4n) is 3.60. The van der Waals surface area contributed by atoms with Crippen molar-refractivity contribution >= 4 is 16.3 Å². The van der Waals surface area contributed by atoms with E-state index in [0.717, 1.165) is 32.0 Å². The lowest BCUT2D eigenvalue weighted by Gasteiger charge is -2.31. The summed E-state index contributed by atoms with van der Waals surface area (Å²) >= 11 is 1.35. The average molecular weight is 365 g/mol. The van der Waals surface area contributed by atoms with Gasteiger partial charge in [-0.05, 0) is 44.4 Å². The molecule has 0 bridgehead atoms. The van der Waals surface area contributed by atoms with Crippen LogP contribution in [0.25, 0.3) is 4.96 Å². The number of hydrogen-bond donors (Lipinski definition) is 2. The second kappa shape index (κ2) is 6.34. The van der Waals surface area contributed by atoms with Crippen LogP contribution in [0.1, 0.15) is 41.6 Å². The van der Waals surface area contributed by atoms with Gasteiger partial charge in [-0.15, -0.1) is 5.10 Å². The lowest BCUT2D eigenvalue weighted by molar-refractivity contribution is -0.930. The number of benzene rings is 1. The van der Waals surface area contributed by atoms with E-state index in [1.807, 2.05) is 0 Å². The number of rotatable bonds is 3. The zero-order valence-corrected chi connectivity index (χ0v) is 14.6. The van der Waals surface area contributed by atoms with Gasteiger partial charge in [0.25, 0.3) is 0 Å². The number of thiazole rings is 1. The summed E-state index contributed by atoms with van der Waals surface area (Å²) in [6.07, 6.45) is 3.33. The Morgan fingerprint density at radius 2 is 1.96 bits per heavy atom. The Morgan fingerprint density at radius 1 is 1.20 bits per heavy atom. The fraction of sp³-hybridized carbons (Fsp3) is 0.412. The largest absolute Gasteiger partial charge is 0.492 e. The molecule has 1 fully saturated rings. The minimum Gasteiger partial charge on any atom is -0.492 e. The van der Waals surface area contributed by atoms with Crippen molar-refractivity contribution in [2.24, 2.45) is 0 Å². The number of piperidine rings is 1. The van der Waals surface area contributed by atoms with E-state index in [4.69, 9.17) is 0 Å². The number of halogens is 2. The SMILES string of the molecule is Cc1nc2sc([C@H](c3ccc(F)c(F)c3)[NH+]3CCCCC3)c(O)n2n1. The van der Waals surface area contributed by atoms with Gasteiger partial charge in [-0.1, -0.05) is 11.3 Å². The summed E-state index contributed by atoms with van der Waals surface area (Å²) in [5.74, 6) is -1.11. The van der Waals surface area contributed by atoms with Crippen molar-refractivity contribution in [3.8, 4) is 5.88 Å². The normalized spacial score (nSPS) is 17.2. The van der Waals surface area contributed by atoms with E-state index in [2.05, 4.69) is 10.1 Å². The minimum absolute atomic E-state index is 0.0356. The molecule has 1 saturated heterocycles. The van der Waals surface area contributed by atoms with Crippen molar-refractivity contribution < 1.29 is 18.8 Å². The van der Waals surface area contributed by atoms with Crippen LogP contribution in [0.5, 0.6) is 5.88 Å². The van der Waals surface area contributed by atoms with Crippen LogP contribution in [0.4, 0.5) is 8.78 Å². The van der Waals surface area contributed by atoms with Crippen LogP contribution in [0, 0.1) is 18.6 Å². The predicted octanol–water partition coefficient (Wildman–Crippen LogP) is 2.24. The van der Waals surface area contributed by atoms with Gasteiger partial charge in [0.2, 0.25) is 10.8 Å². The molecule has 2 N–H and O–H groups in total. The second-order valence-electron chi connectivity index (χ2n) is 6.47. The van der Waals surface area contributed by atoms with Crippen LogP contribution >= 0.6 is 11.3 Å². The van der Waals surface area contributed by atoms with Crippen molar-refractivity contribution in [3.63, 3.8) is 0 Å². The van der Waals surface area contributed by atoms with Crippen molar-refractivity contribution in [1.82, 2.24) is 14.6 Å². The molecule has 1 aliphatic rings. The zero-order valence-electron chi connectivity index (χ0n) is 13.8. The van der Waals surface area contributed by atoms with E-state index in [-0.39, 0.29) is 11.9 Å². The molecule has 0 amide bonds. The van der Waals surface area contributed by atoms with Gasteiger partial charge in [0.1, 0.15) is 10.7 Å². The van der Waals surface area contributed by atoms with Crippen LogP contribution in [-0.2, 0) is 0 Å². The Morgan fingerprint density at radius 3 is 2.64 bits per heavy atom. The molecule has 5 nitrogen and oxygen atoms in total. The highest BCUT2D eigenvalue weighted by atomic mass is 32.1. The van der Waals surface area contributed by atoms with Crippen molar-refractivity contribution in [2.45, 2.75) is 32.2 Å². The summed E-state index contributed by atoms with van der Waals surface area (Å²) in [6, 6.07) is 3.73. The highest BCUT2D eigenvalue weighted by Gasteiger charge is 2.34. The number of fused-ring (bicyclic) bond motifs is 1. The van der Waals surface area contributed by atoms with Gasteiger partial charge in [-0.2, -0.15) is 4.52 Å². The Bertz CT molecular complexity index is 917. The minimum atomic E-state index is -0.867. The number of aryl methyl sites for hydroxylation is 1. The Balaban J connectivity index is 1.84. The molecule has 4 rings (SSSR count). The summed E-state index contributed by atoms with van der Waals surface area (Å²) in [5, 5.41) is 14.9. The van der Waals surface area contributed by atoms with Gasteiger partial charge >= 0.3 is 0 Å². The van der Waals surface area contributed by atoms with Crippen molar-refractivity contribution in [1.29, 1.82) is 0 Å². The molecule has 0 saturated carbocycles. The quantitative estimate of drug-likeness (QED) is 0.749. The number of aromatic hydroxyl groups is 1. The van der Waals surface area contributed by atoms with Crippen LogP contribution in [0.2, 0.25) is 0 Å². The molecule has 8 heteroatoms. The summed E-state index contributed by atoms with van der Waals surface area (Å²) in [7, 11) is 0. The first-order valence-corrected chi connectivity index (χ1v) is 9.21. The zero-order chi connectivity index (χ0) is 17.6. The molecule has 1 aliphatic heterocycles. The number of likely N-dealkylation sites (tertiary alicyclic amines) is 1. The number of quaternary nitrogens is 1. The van der Waals surface area contributed by atoms with E-state index < -0.39 is 11.6 Å². The third kappa shape index (κ3) is 2.89. The maximum Gasteiger partial charge on any atom is 0.235 e. The van der Waals surface area contributed by atoms with Crippen LogP contribution < -0.4 is 4.90 Å². The first kappa shape index (κ1) is 16.4. The van der Waals surface area contributed by atoms with E-state index in [0.29, 0.717) is 21.2 Å². The molecule has 0 unspecified atom stereocenters. The molecule has 2 aromatic heterocycles. The average Bonchev–Trinajstić information content (AvgIpc) is 3.10. The van der Waals surface area contributed by atoms with Crippen molar-refractivity contribution in [2.75, 3.05) is 13.1 Å². The van der Waals surface area contributed by atoms with Crippen LogP contribution in [-0.4, -0.2) is 32.8 Å². The fourth-order valence-corrected chi connectivity index (χ4v) is 4.78. The van der Waals surface area contributed by atoms with Crippen LogP contribution in [0.3, 0.4) is 0 Å². The Kier molecular flexibility index (Phi) is 4.16. The smallest absolute Gasteiger partial charge is 0.235 e. The van der Waals surface area contributed by atoms with E-state index in [9.17, 15) is 13.9 Å². The molecular weight excluding hydrogens is 346 g/mol. The third-order valence-corrected chi connectivity index (χ3v) is 5.83. The maximum atomic E-state index is 13.8. The molecule has 1 atom stereocenters. The van der Waals surface area contributed by atoms with Gasteiger partial charge in [0.15, 0.2) is 17.7 Å². The van der Waals surface area contributed by atoms with Gasteiger partial charge in [-0.3, -0.25) is 0 Å². The number of aromatic nitrogens is 3. The van der Waals surface area contributed by atoms with Gasteiger partial charge in [0.05, 0.1) is 13.1 Å². The van der Waals surface area contributed by atoms with Gasteiger partial charge < -0.3 is 10.0 Å². The lowest BCUT2D eigenvalue weighted by atomic mass is 10.00. The van der Waals surface area contributed by atoms with E-state index >= 15 is 0 Å². The third-order valence-electron chi connectivity index (χ3n) is 4.75. The summed E-state index contributed by atoms with van der Waals surface area (Å²) in [4.78, 5) is 6.86. The first-order valence-electron chi connectivity index (χ1n) is 8.39. The lowest BCUT2D eigenvalue weighted by Crippen LogP contribution is -3.13. The molecule has 3 heterocycles. The number of hydrogen-bond acceptors (Lipinski definition) is 4. The highest BCUT2D eigenvalue weighted by Crippen LogP contribution is 2.35. The highest BCUT2D eigenvalue weighted by molar-refractivity contribution is 7.17. The molecule has 132 valence electrons. The molecular formula is C17H19F2N4OS+. The summed E-state index contributed by atoms with van der Waals surface area (Å²) in [6.45, 7) is 3.62. The molecule has 0 aliphatic carbocycles. The molecule has 0 radical (unpaired) electrons. The molecule has 0 spiro atoms. The number of nitrogens with one attached hydrogen (secondary N) is 1. The summed E-state index contributed by atoms with van der Waals surface area (Å²) < 4.78 is 28.7. The first-order chi connectivity index (χ1) is 12.0. The second-order valence-corrected chi connectivity index (χ2v) is 7.48. The topological polar surface area (TPSA) is 54.9 Å². The van der Waals surface area contributed by atoms with Gasteiger partial charge in [-0.25, -0.2) is 13.8 Å². The molecule has 1 aromatic carbocycles. The molecule has 25 heavy (non-hydrogen) atoms. The standard InChI is InChI=1S/C17H18F2N4OS/c1-10-20-17-23(21-10)16(24)15(25-17)14(22-7-3-2-4-8-22)11-5-6-12(18)13(19)9-11/h5-6,9,14,24H,2-4,7-8H2,1H3/p+1/t14-/m0/s1. The summed E-state index contributed by atoms with van der Waals surface area (Å²) in [5.41, 5.74) is 0.660. The molecule has 3 aromatic rings. The van der Waals surface area contributed by atoms with Gasteiger partial charge in [0, 0.05) is 5.56 Å². The maximum absolute atomic E-state index is 13.8.